The van der Waals surface area contributed by atoms with Gasteiger partial charge in [-0.15, -0.1) is 0 Å². The van der Waals surface area contributed by atoms with E-state index in [1.165, 1.54) is 0 Å². The molecule has 112 valence electrons. The second-order valence-corrected chi connectivity index (χ2v) is 5.38. The first kappa shape index (κ1) is 17.9. The zero-order valence-electron chi connectivity index (χ0n) is 11.9. The highest BCUT2D eigenvalue weighted by Gasteiger charge is 2.13. The number of unbranched alkanes of at least 4 members (excludes halogenated alkanes) is 4. The van der Waals surface area contributed by atoms with Crippen LogP contribution in [0.2, 0.25) is 0 Å². The van der Waals surface area contributed by atoms with Crippen molar-refractivity contribution >= 4 is 11.9 Å². The van der Waals surface area contributed by atoms with Crippen molar-refractivity contribution in [2.75, 3.05) is 0 Å². The molecule has 0 aromatic heterocycles. The molecule has 1 N–H and O–H groups in total. The number of hydrogen-bond donors (Lipinski definition) is 1. The van der Waals surface area contributed by atoms with E-state index in [9.17, 15) is 9.59 Å². The maximum atomic E-state index is 11.2. The minimum atomic E-state index is -0.764. The fourth-order valence-corrected chi connectivity index (χ4v) is 1.27. The van der Waals surface area contributed by atoms with Gasteiger partial charge in [-0.2, -0.15) is 4.89 Å². The Morgan fingerprint density at radius 3 is 2.00 bits per heavy atom. The van der Waals surface area contributed by atoms with Crippen molar-refractivity contribution in [1.82, 2.24) is 0 Å². The molecule has 0 rings (SSSR count). The predicted octanol–water partition coefficient (Wildman–Crippen LogP) is 3.01. The standard InChI is InChI=1S/C13H24O6/c1-13(2,3)18-19-17-12(16)10-8-6-4-5-7-9-11(14)15/h4-10H2,1-3H3,(H,14,15). The zero-order valence-corrected chi connectivity index (χ0v) is 11.9. The van der Waals surface area contributed by atoms with Crippen molar-refractivity contribution in [2.45, 2.75) is 71.3 Å². The van der Waals surface area contributed by atoms with E-state index in [4.69, 9.17) is 9.99 Å². The first-order valence-electron chi connectivity index (χ1n) is 6.58. The highest BCUT2D eigenvalue weighted by atomic mass is 17.5. The lowest BCUT2D eigenvalue weighted by Crippen LogP contribution is -2.20. The van der Waals surface area contributed by atoms with Crippen LogP contribution >= 0.6 is 0 Å². The molecule has 0 spiro atoms. The summed E-state index contributed by atoms with van der Waals surface area (Å²) in [7, 11) is 0. The van der Waals surface area contributed by atoms with Gasteiger partial charge in [-0.25, -0.2) is 4.79 Å². The van der Waals surface area contributed by atoms with Crippen LogP contribution in [0.4, 0.5) is 0 Å². The third-order valence-electron chi connectivity index (χ3n) is 2.18. The van der Waals surface area contributed by atoms with E-state index in [1.807, 2.05) is 0 Å². The fourth-order valence-electron chi connectivity index (χ4n) is 1.27. The van der Waals surface area contributed by atoms with Crippen molar-refractivity contribution in [3.63, 3.8) is 0 Å². The summed E-state index contributed by atoms with van der Waals surface area (Å²) in [5.41, 5.74) is -0.523. The number of carboxylic acids is 1. The Hall–Kier alpha value is -1.14. The summed E-state index contributed by atoms with van der Waals surface area (Å²) in [6.45, 7) is 5.33. The molecule has 0 bridgehead atoms. The molecule has 0 amide bonds. The van der Waals surface area contributed by atoms with Gasteiger partial charge in [0.2, 0.25) is 0 Å². The lowest BCUT2D eigenvalue weighted by atomic mass is 10.1. The Morgan fingerprint density at radius 2 is 1.47 bits per heavy atom. The lowest BCUT2D eigenvalue weighted by Gasteiger charge is -2.15. The Balaban J connectivity index is 3.32. The topological polar surface area (TPSA) is 82.1 Å². The molecule has 0 aliphatic rings. The molecule has 6 heteroatoms. The van der Waals surface area contributed by atoms with E-state index < -0.39 is 17.5 Å². The summed E-state index contributed by atoms with van der Waals surface area (Å²) in [5, 5.41) is 12.8. The third kappa shape index (κ3) is 14.8. The van der Waals surface area contributed by atoms with Gasteiger partial charge < -0.3 is 5.11 Å². The average Bonchev–Trinajstić information content (AvgIpc) is 2.25. The van der Waals surface area contributed by atoms with Gasteiger partial charge in [-0.1, -0.05) is 19.3 Å². The maximum Gasteiger partial charge on any atom is 0.345 e. The Bertz CT molecular complexity index is 269. The molecule has 0 unspecified atom stereocenters. The van der Waals surface area contributed by atoms with Crippen LogP contribution in [0.3, 0.4) is 0 Å². The van der Waals surface area contributed by atoms with E-state index in [0.29, 0.717) is 12.8 Å². The molecular formula is C13H24O6. The first-order valence-corrected chi connectivity index (χ1v) is 6.58. The number of carbonyl (C=O) groups is 2. The van der Waals surface area contributed by atoms with Gasteiger partial charge in [-0.3, -0.25) is 9.68 Å². The molecular weight excluding hydrogens is 252 g/mol. The van der Waals surface area contributed by atoms with E-state index >= 15 is 0 Å². The molecule has 0 aliphatic carbocycles. The Labute approximate surface area is 113 Å². The first-order chi connectivity index (χ1) is 8.81. The number of rotatable bonds is 10. The number of aliphatic carboxylic acids is 1. The number of carbonyl (C=O) groups excluding carboxylic acids is 1. The largest absolute Gasteiger partial charge is 0.481 e. The number of hydrogen-bond acceptors (Lipinski definition) is 5. The highest BCUT2D eigenvalue weighted by Crippen LogP contribution is 2.10. The van der Waals surface area contributed by atoms with Crippen LogP contribution < -0.4 is 0 Å². The van der Waals surface area contributed by atoms with Gasteiger partial charge in [-0.05, 0) is 38.7 Å². The smallest absolute Gasteiger partial charge is 0.345 e. The van der Waals surface area contributed by atoms with Crippen LogP contribution in [0.15, 0.2) is 0 Å². The molecule has 0 atom stereocenters. The van der Waals surface area contributed by atoms with Crippen molar-refractivity contribution in [3.8, 4) is 0 Å². The minimum absolute atomic E-state index is 0.208. The van der Waals surface area contributed by atoms with Crippen LogP contribution in [0.1, 0.15) is 65.7 Å². The van der Waals surface area contributed by atoms with E-state index in [0.717, 1.165) is 19.3 Å². The third-order valence-corrected chi connectivity index (χ3v) is 2.18. The second-order valence-electron chi connectivity index (χ2n) is 5.38. The molecule has 0 aromatic rings. The molecule has 0 aliphatic heterocycles. The van der Waals surface area contributed by atoms with Crippen LogP contribution in [-0.2, 0) is 24.4 Å². The second kappa shape index (κ2) is 9.75. The van der Waals surface area contributed by atoms with Gasteiger partial charge in [0.1, 0.15) is 0 Å². The molecule has 0 aromatic carbocycles. The molecule has 0 heterocycles. The predicted molar refractivity (Wildman–Crippen MR) is 68.0 cm³/mol. The maximum absolute atomic E-state index is 11.2. The molecule has 6 nitrogen and oxygen atoms in total. The fraction of sp³-hybridized carbons (Fsp3) is 0.846. The molecule has 19 heavy (non-hydrogen) atoms. The Kier molecular flexibility index (Phi) is 9.16. The van der Waals surface area contributed by atoms with Crippen molar-refractivity contribution in [1.29, 1.82) is 0 Å². The highest BCUT2D eigenvalue weighted by molar-refractivity contribution is 5.68. The Morgan fingerprint density at radius 1 is 0.947 bits per heavy atom. The zero-order chi connectivity index (χ0) is 14.7. The summed E-state index contributed by atoms with van der Waals surface area (Å²) in [6.07, 6.45) is 4.51. The summed E-state index contributed by atoms with van der Waals surface area (Å²) < 4.78 is 0. The van der Waals surface area contributed by atoms with Crippen LogP contribution in [0.5, 0.6) is 0 Å². The van der Waals surface area contributed by atoms with Gasteiger partial charge in [0.25, 0.3) is 0 Å². The SMILES string of the molecule is CC(C)(C)OOOC(=O)CCCCCCCC(=O)O. The van der Waals surface area contributed by atoms with Crippen molar-refractivity contribution < 1.29 is 29.5 Å². The summed E-state index contributed by atoms with van der Waals surface area (Å²) in [4.78, 5) is 30.7. The van der Waals surface area contributed by atoms with Crippen molar-refractivity contribution in [2.24, 2.45) is 0 Å². The quantitative estimate of drug-likeness (QED) is 0.375. The number of carboxylic acid groups (broad SMARTS) is 1. The summed E-state index contributed by atoms with van der Waals surface area (Å²) in [5.74, 6) is -1.23. The van der Waals surface area contributed by atoms with Crippen LogP contribution in [-0.4, -0.2) is 22.6 Å². The monoisotopic (exact) mass is 276 g/mol. The van der Waals surface area contributed by atoms with Gasteiger partial charge >= 0.3 is 11.9 Å². The molecule has 0 radical (unpaired) electrons. The minimum Gasteiger partial charge on any atom is -0.481 e. The molecule has 0 saturated carbocycles. The van der Waals surface area contributed by atoms with Crippen LogP contribution in [0, 0.1) is 0 Å². The van der Waals surface area contributed by atoms with Gasteiger partial charge in [0.05, 0.1) is 5.60 Å². The molecule has 0 fully saturated rings. The summed E-state index contributed by atoms with van der Waals surface area (Å²) in [6, 6.07) is 0. The van der Waals surface area contributed by atoms with E-state index in [1.54, 1.807) is 20.8 Å². The lowest BCUT2D eigenvalue weighted by molar-refractivity contribution is -0.514. The van der Waals surface area contributed by atoms with E-state index in [-0.39, 0.29) is 12.8 Å². The van der Waals surface area contributed by atoms with E-state index in [2.05, 4.69) is 9.93 Å². The normalized spacial score (nSPS) is 11.3. The van der Waals surface area contributed by atoms with Gasteiger partial charge in [0, 0.05) is 12.8 Å². The molecule has 0 saturated heterocycles. The average molecular weight is 276 g/mol. The van der Waals surface area contributed by atoms with Crippen molar-refractivity contribution in [3.05, 3.63) is 0 Å². The summed E-state index contributed by atoms with van der Waals surface area (Å²) >= 11 is 0. The van der Waals surface area contributed by atoms with Crippen LogP contribution in [0.25, 0.3) is 0 Å². The van der Waals surface area contributed by atoms with Gasteiger partial charge in [0.15, 0.2) is 0 Å².